The molecule has 0 fully saturated rings. The van der Waals surface area contributed by atoms with Crippen molar-refractivity contribution in [2.45, 2.75) is 20.8 Å². The van der Waals surface area contributed by atoms with Gasteiger partial charge in [-0.15, -0.1) is 0 Å². The molecule has 1 aromatic carbocycles. The Morgan fingerprint density at radius 1 is 1.04 bits per heavy atom. The average Bonchev–Trinajstić information content (AvgIpc) is 2.52. The fourth-order valence-corrected chi connectivity index (χ4v) is 1.59. The zero-order valence-electron chi connectivity index (χ0n) is 13.5. The van der Waals surface area contributed by atoms with E-state index in [1.807, 2.05) is 0 Å². The second-order valence-electron chi connectivity index (χ2n) is 4.38. The lowest BCUT2D eigenvalue weighted by molar-refractivity contribution is -0.130. The van der Waals surface area contributed by atoms with Crippen LogP contribution in [0.4, 0.5) is 0 Å². The third-order valence-electron chi connectivity index (χ3n) is 2.55. The van der Waals surface area contributed by atoms with E-state index in [0.717, 1.165) is 6.08 Å². The Hall–Kier alpha value is -2.76. The molecular weight excluding hydrogens is 300 g/mol. The molecule has 1 rings (SSSR count). The van der Waals surface area contributed by atoms with Gasteiger partial charge in [-0.2, -0.15) is 0 Å². The Labute approximate surface area is 135 Å². The summed E-state index contributed by atoms with van der Waals surface area (Å²) in [7, 11) is 0. The van der Waals surface area contributed by atoms with Gasteiger partial charge in [0.15, 0.2) is 11.5 Å². The summed E-state index contributed by atoms with van der Waals surface area (Å²) in [6.45, 7) is 12.5. The van der Waals surface area contributed by atoms with Crippen molar-refractivity contribution in [1.82, 2.24) is 0 Å². The van der Waals surface area contributed by atoms with Crippen LogP contribution in [0.1, 0.15) is 20.8 Å². The van der Waals surface area contributed by atoms with Gasteiger partial charge in [-0.1, -0.05) is 13.2 Å². The van der Waals surface area contributed by atoms with Crippen molar-refractivity contribution in [2.75, 3.05) is 13.2 Å². The maximum atomic E-state index is 11.7. The molecule has 0 amide bonds. The van der Waals surface area contributed by atoms with Gasteiger partial charge in [-0.05, 0) is 32.9 Å². The Bertz CT molecular complexity index is 618. The van der Waals surface area contributed by atoms with Gasteiger partial charge < -0.3 is 18.9 Å². The summed E-state index contributed by atoms with van der Waals surface area (Å²) in [5.41, 5.74) is 0.243. The van der Waals surface area contributed by atoms with Crippen molar-refractivity contribution in [2.24, 2.45) is 0 Å². The van der Waals surface area contributed by atoms with E-state index < -0.39 is 11.9 Å². The number of rotatable bonds is 8. The Morgan fingerprint density at radius 3 is 1.91 bits per heavy atom. The maximum absolute atomic E-state index is 11.7. The fourth-order valence-electron chi connectivity index (χ4n) is 1.59. The molecule has 0 aliphatic carbocycles. The molecule has 0 bridgehead atoms. The van der Waals surface area contributed by atoms with Gasteiger partial charge in [0.2, 0.25) is 11.5 Å². The molecule has 23 heavy (non-hydrogen) atoms. The summed E-state index contributed by atoms with van der Waals surface area (Å²) in [6, 6.07) is 2.91. The van der Waals surface area contributed by atoms with Gasteiger partial charge in [-0.25, -0.2) is 9.59 Å². The summed E-state index contributed by atoms with van der Waals surface area (Å²) < 4.78 is 21.4. The quantitative estimate of drug-likeness (QED) is 0.416. The van der Waals surface area contributed by atoms with Gasteiger partial charge >= 0.3 is 11.9 Å². The van der Waals surface area contributed by atoms with Crippen LogP contribution in [-0.4, -0.2) is 25.2 Å². The molecule has 0 spiro atoms. The van der Waals surface area contributed by atoms with Crippen molar-refractivity contribution >= 4 is 11.9 Å². The number of carbonyl (C=O) groups is 2. The standard InChI is InChI=1S/C17H20O6/c1-6-14(18)22-12-9-10-13(23-17(19)11(4)5)16(21-8-3)15(12)20-7-2/h6,9-10H,1,4,7-8H2,2-3,5H3. The molecule has 0 aliphatic heterocycles. The molecule has 0 heterocycles. The highest BCUT2D eigenvalue weighted by molar-refractivity contribution is 5.89. The van der Waals surface area contributed by atoms with Crippen molar-refractivity contribution in [1.29, 1.82) is 0 Å². The minimum atomic E-state index is -0.639. The second-order valence-corrected chi connectivity index (χ2v) is 4.38. The summed E-state index contributed by atoms with van der Waals surface area (Å²) >= 11 is 0. The molecule has 0 atom stereocenters. The third-order valence-corrected chi connectivity index (χ3v) is 2.55. The molecule has 124 valence electrons. The second kappa shape index (κ2) is 8.63. The predicted molar refractivity (Wildman–Crippen MR) is 85.1 cm³/mol. The molecule has 0 radical (unpaired) electrons. The highest BCUT2D eigenvalue weighted by Crippen LogP contribution is 2.45. The van der Waals surface area contributed by atoms with E-state index in [-0.39, 0.29) is 28.6 Å². The number of hydrogen-bond donors (Lipinski definition) is 0. The van der Waals surface area contributed by atoms with Crippen LogP contribution >= 0.6 is 0 Å². The van der Waals surface area contributed by atoms with Gasteiger partial charge in [0.1, 0.15) is 0 Å². The highest BCUT2D eigenvalue weighted by atomic mass is 16.6. The van der Waals surface area contributed by atoms with Gasteiger partial charge in [0.05, 0.1) is 13.2 Å². The summed E-state index contributed by atoms with van der Waals surface area (Å²) in [6.07, 6.45) is 1.03. The van der Waals surface area contributed by atoms with Crippen molar-refractivity contribution in [3.05, 3.63) is 36.9 Å². The Balaban J connectivity index is 3.34. The van der Waals surface area contributed by atoms with Gasteiger partial charge in [0.25, 0.3) is 0 Å². The molecule has 0 saturated carbocycles. The van der Waals surface area contributed by atoms with Gasteiger partial charge in [-0.3, -0.25) is 0 Å². The zero-order chi connectivity index (χ0) is 17.4. The summed E-state index contributed by atoms with van der Waals surface area (Å²) in [4.78, 5) is 23.2. The minimum Gasteiger partial charge on any atom is -0.487 e. The van der Waals surface area contributed by atoms with E-state index in [4.69, 9.17) is 18.9 Å². The average molecular weight is 320 g/mol. The number of carbonyl (C=O) groups excluding carboxylic acids is 2. The van der Waals surface area contributed by atoms with Crippen molar-refractivity contribution in [3.63, 3.8) is 0 Å². The Kier molecular flexibility index (Phi) is 6.86. The van der Waals surface area contributed by atoms with E-state index in [0.29, 0.717) is 13.2 Å². The molecule has 0 aliphatic rings. The summed E-state index contributed by atoms with van der Waals surface area (Å²) in [5, 5.41) is 0. The van der Waals surface area contributed by atoms with Crippen LogP contribution < -0.4 is 18.9 Å². The maximum Gasteiger partial charge on any atom is 0.338 e. The lowest BCUT2D eigenvalue weighted by Crippen LogP contribution is -2.11. The number of esters is 2. The van der Waals surface area contributed by atoms with Crippen LogP contribution in [0.2, 0.25) is 0 Å². The molecular formula is C17H20O6. The van der Waals surface area contributed by atoms with E-state index in [1.54, 1.807) is 13.8 Å². The van der Waals surface area contributed by atoms with Crippen molar-refractivity contribution < 1.29 is 28.5 Å². The van der Waals surface area contributed by atoms with Crippen molar-refractivity contribution in [3.8, 4) is 23.0 Å². The van der Waals surface area contributed by atoms with E-state index in [2.05, 4.69) is 13.2 Å². The van der Waals surface area contributed by atoms with Crippen LogP contribution in [0, 0.1) is 0 Å². The van der Waals surface area contributed by atoms with Crippen LogP contribution in [0.25, 0.3) is 0 Å². The molecule has 0 aromatic heterocycles. The zero-order valence-corrected chi connectivity index (χ0v) is 13.5. The molecule has 0 unspecified atom stereocenters. The lowest BCUT2D eigenvalue weighted by Gasteiger charge is -2.17. The molecule has 0 N–H and O–H groups in total. The van der Waals surface area contributed by atoms with Gasteiger partial charge in [0, 0.05) is 11.6 Å². The smallest absolute Gasteiger partial charge is 0.338 e. The normalized spacial score (nSPS) is 9.70. The largest absolute Gasteiger partial charge is 0.487 e. The first-order valence-corrected chi connectivity index (χ1v) is 7.09. The van der Waals surface area contributed by atoms with E-state index in [9.17, 15) is 9.59 Å². The van der Waals surface area contributed by atoms with E-state index >= 15 is 0 Å². The topological polar surface area (TPSA) is 71.1 Å². The fraction of sp³-hybridized carbons (Fsp3) is 0.294. The Morgan fingerprint density at radius 2 is 1.52 bits per heavy atom. The summed E-state index contributed by atoms with van der Waals surface area (Å²) in [5.74, 6) is -0.573. The van der Waals surface area contributed by atoms with Crippen LogP contribution in [-0.2, 0) is 9.59 Å². The van der Waals surface area contributed by atoms with E-state index in [1.165, 1.54) is 19.1 Å². The monoisotopic (exact) mass is 320 g/mol. The first-order valence-electron chi connectivity index (χ1n) is 7.09. The molecule has 6 nitrogen and oxygen atoms in total. The van der Waals surface area contributed by atoms with Crippen LogP contribution in [0.5, 0.6) is 23.0 Å². The van der Waals surface area contributed by atoms with Crippen LogP contribution in [0.15, 0.2) is 36.9 Å². The molecule has 1 aromatic rings. The molecule has 6 heteroatoms. The number of ether oxygens (including phenoxy) is 4. The lowest BCUT2D eigenvalue weighted by atomic mass is 10.2. The first kappa shape index (κ1) is 18.3. The number of benzene rings is 1. The SMILES string of the molecule is C=CC(=O)Oc1ccc(OC(=O)C(=C)C)c(OCC)c1OCC. The predicted octanol–water partition coefficient (Wildman–Crippen LogP) is 3.06. The minimum absolute atomic E-state index is 0.148. The molecule has 0 saturated heterocycles. The first-order chi connectivity index (χ1) is 10.9. The van der Waals surface area contributed by atoms with Crippen LogP contribution in [0.3, 0.4) is 0 Å². The third kappa shape index (κ3) is 4.88. The number of hydrogen-bond acceptors (Lipinski definition) is 6. The highest BCUT2D eigenvalue weighted by Gasteiger charge is 2.21.